The van der Waals surface area contributed by atoms with E-state index in [-0.39, 0.29) is 13.0 Å². The molecule has 5 nitrogen and oxygen atoms in total. The van der Waals surface area contributed by atoms with E-state index >= 15 is 0 Å². The average Bonchev–Trinajstić information content (AvgIpc) is 2.28. The first kappa shape index (κ1) is 11.4. The first-order valence-corrected chi connectivity index (χ1v) is 5.24. The molecule has 0 amide bonds. The van der Waals surface area contributed by atoms with Crippen molar-refractivity contribution in [1.29, 1.82) is 0 Å². The van der Waals surface area contributed by atoms with Gasteiger partial charge in [0.1, 0.15) is 11.2 Å². The van der Waals surface area contributed by atoms with Crippen molar-refractivity contribution < 1.29 is 24.5 Å². The van der Waals surface area contributed by atoms with Gasteiger partial charge in [-0.1, -0.05) is 18.2 Å². The molecule has 1 heterocycles. The van der Waals surface area contributed by atoms with Gasteiger partial charge in [-0.2, -0.15) is 0 Å². The second-order valence-corrected chi connectivity index (χ2v) is 4.05. The molecule has 0 fully saturated rings. The van der Waals surface area contributed by atoms with Crippen LogP contribution in [0, 0.1) is 0 Å². The number of carbonyl (C=O) groups is 2. The van der Waals surface area contributed by atoms with Crippen molar-refractivity contribution in [3.8, 4) is 5.75 Å². The van der Waals surface area contributed by atoms with E-state index in [2.05, 4.69) is 0 Å². The first-order chi connectivity index (χ1) is 8.06. The molecule has 0 bridgehead atoms. The Balaban J connectivity index is 2.55. The Bertz CT molecular complexity index is 468. The molecule has 0 aliphatic carbocycles. The summed E-state index contributed by atoms with van der Waals surface area (Å²) in [4.78, 5) is 22.3. The zero-order valence-corrected chi connectivity index (χ0v) is 9.05. The minimum absolute atomic E-state index is 0.172. The van der Waals surface area contributed by atoms with Gasteiger partial charge < -0.3 is 14.9 Å². The maximum atomic E-state index is 11.5. The molecule has 0 saturated carbocycles. The van der Waals surface area contributed by atoms with Gasteiger partial charge in [0.2, 0.25) is 0 Å². The van der Waals surface area contributed by atoms with Crippen LogP contribution >= 0.6 is 0 Å². The number of carboxylic acid groups (broad SMARTS) is 2. The number of rotatable bonds is 3. The predicted molar refractivity (Wildman–Crippen MR) is 58.1 cm³/mol. The van der Waals surface area contributed by atoms with Crippen LogP contribution in [0.5, 0.6) is 5.75 Å². The Kier molecular flexibility index (Phi) is 2.75. The molecule has 1 atom stereocenters. The zero-order chi connectivity index (χ0) is 12.5. The van der Waals surface area contributed by atoms with Crippen LogP contribution in [-0.2, 0) is 15.0 Å². The molecule has 1 unspecified atom stereocenters. The second-order valence-electron chi connectivity index (χ2n) is 4.05. The monoisotopic (exact) mass is 236 g/mol. The molecule has 1 aliphatic heterocycles. The van der Waals surface area contributed by atoms with Crippen molar-refractivity contribution in [2.75, 3.05) is 6.61 Å². The number of aliphatic carboxylic acids is 2. The number of fused-ring (bicyclic) bond motifs is 1. The van der Waals surface area contributed by atoms with E-state index in [0.717, 1.165) is 0 Å². The van der Waals surface area contributed by atoms with Gasteiger partial charge >= 0.3 is 11.9 Å². The average molecular weight is 236 g/mol. The molecule has 5 heteroatoms. The molecule has 0 spiro atoms. The van der Waals surface area contributed by atoms with Crippen LogP contribution in [0.25, 0.3) is 0 Å². The number of para-hydroxylation sites is 1. The van der Waals surface area contributed by atoms with Crippen LogP contribution < -0.4 is 4.74 Å². The Morgan fingerprint density at radius 1 is 1.29 bits per heavy atom. The number of hydrogen-bond donors (Lipinski definition) is 2. The van der Waals surface area contributed by atoms with Gasteiger partial charge in [-0.25, -0.2) is 0 Å². The molecule has 0 aromatic heterocycles. The highest BCUT2D eigenvalue weighted by molar-refractivity contribution is 5.88. The van der Waals surface area contributed by atoms with Gasteiger partial charge in [0.15, 0.2) is 0 Å². The smallest absolute Gasteiger partial charge is 0.314 e. The summed E-state index contributed by atoms with van der Waals surface area (Å²) >= 11 is 0. The van der Waals surface area contributed by atoms with Gasteiger partial charge in [-0.3, -0.25) is 9.59 Å². The minimum Gasteiger partial charge on any atom is -0.493 e. The third-order valence-electron chi connectivity index (χ3n) is 3.05. The third-order valence-corrected chi connectivity index (χ3v) is 3.05. The van der Waals surface area contributed by atoms with Crippen molar-refractivity contribution in [3.05, 3.63) is 29.8 Å². The van der Waals surface area contributed by atoms with E-state index in [4.69, 9.17) is 9.84 Å². The predicted octanol–water partition coefficient (Wildman–Crippen LogP) is 1.27. The highest BCUT2D eigenvalue weighted by Crippen LogP contribution is 2.41. The van der Waals surface area contributed by atoms with Crippen LogP contribution in [0.4, 0.5) is 0 Å². The first-order valence-electron chi connectivity index (χ1n) is 5.24. The topological polar surface area (TPSA) is 83.8 Å². The van der Waals surface area contributed by atoms with Gasteiger partial charge in [0, 0.05) is 12.0 Å². The number of ether oxygens (including phenoxy) is 1. The summed E-state index contributed by atoms with van der Waals surface area (Å²) in [5, 5.41) is 18.3. The van der Waals surface area contributed by atoms with E-state index in [1.165, 1.54) is 0 Å². The van der Waals surface area contributed by atoms with E-state index in [9.17, 15) is 14.7 Å². The summed E-state index contributed by atoms with van der Waals surface area (Å²) in [6, 6.07) is 6.70. The summed E-state index contributed by atoms with van der Waals surface area (Å²) in [6.07, 6.45) is -0.256. The molecule has 0 saturated heterocycles. The lowest BCUT2D eigenvalue weighted by molar-refractivity contribution is -0.151. The third kappa shape index (κ3) is 1.84. The van der Waals surface area contributed by atoms with Crippen LogP contribution in [0.2, 0.25) is 0 Å². The molecule has 1 aromatic carbocycles. The quantitative estimate of drug-likeness (QED) is 0.825. The summed E-state index contributed by atoms with van der Waals surface area (Å²) in [7, 11) is 0. The largest absolute Gasteiger partial charge is 0.493 e. The lowest BCUT2D eigenvalue weighted by Crippen LogP contribution is -2.42. The molecule has 17 heavy (non-hydrogen) atoms. The van der Waals surface area contributed by atoms with Crippen molar-refractivity contribution in [3.63, 3.8) is 0 Å². The lowest BCUT2D eigenvalue weighted by atomic mass is 9.73. The molecule has 90 valence electrons. The number of benzene rings is 1. The fourth-order valence-corrected chi connectivity index (χ4v) is 2.20. The maximum Gasteiger partial charge on any atom is 0.314 e. The summed E-state index contributed by atoms with van der Waals surface area (Å²) in [6.45, 7) is 0.219. The van der Waals surface area contributed by atoms with Crippen molar-refractivity contribution in [2.45, 2.75) is 18.3 Å². The Hall–Kier alpha value is -2.04. The minimum atomic E-state index is -1.37. The van der Waals surface area contributed by atoms with E-state index in [1.807, 2.05) is 0 Å². The van der Waals surface area contributed by atoms with Gasteiger partial charge in [-0.15, -0.1) is 0 Å². The van der Waals surface area contributed by atoms with Gasteiger partial charge in [0.25, 0.3) is 0 Å². The number of hydrogen-bond acceptors (Lipinski definition) is 3. The molecule has 2 N–H and O–H groups in total. The van der Waals surface area contributed by atoms with Crippen LogP contribution in [-0.4, -0.2) is 28.8 Å². The fraction of sp³-hybridized carbons (Fsp3) is 0.333. The normalized spacial score (nSPS) is 22.4. The van der Waals surface area contributed by atoms with Gasteiger partial charge in [-0.05, 0) is 6.07 Å². The molecular formula is C12H12O5. The standard InChI is InChI=1S/C12H12O5/c13-10(14)7-12(11(15)16)5-6-17-9-4-2-1-3-8(9)12/h1-4H,5-7H2,(H,13,14)(H,15,16). The molecule has 1 aromatic rings. The number of carboxylic acids is 2. The lowest BCUT2D eigenvalue weighted by Gasteiger charge is -2.33. The van der Waals surface area contributed by atoms with Crippen LogP contribution in [0.15, 0.2) is 24.3 Å². The molecule has 0 radical (unpaired) electrons. The highest BCUT2D eigenvalue weighted by atomic mass is 16.5. The van der Waals surface area contributed by atoms with Crippen LogP contribution in [0.1, 0.15) is 18.4 Å². The summed E-state index contributed by atoms with van der Waals surface area (Å²) in [5.41, 5.74) is -0.929. The van der Waals surface area contributed by atoms with Crippen molar-refractivity contribution in [1.82, 2.24) is 0 Å². The van der Waals surface area contributed by atoms with Crippen LogP contribution in [0.3, 0.4) is 0 Å². The van der Waals surface area contributed by atoms with Crippen molar-refractivity contribution >= 4 is 11.9 Å². The highest BCUT2D eigenvalue weighted by Gasteiger charge is 2.46. The second kappa shape index (κ2) is 4.08. The molecule has 2 rings (SSSR count). The Morgan fingerprint density at radius 2 is 2.00 bits per heavy atom. The zero-order valence-electron chi connectivity index (χ0n) is 9.05. The van der Waals surface area contributed by atoms with Crippen molar-refractivity contribution in [2.24, 2.45) is 0 Å². The Morgan fingerprint density at radius 3 is 2.65 bits per heavy atom. The maximum absolute atomic E-state index is 11.5. The van der Waals surface area contributed by atoms with Gasteiger partial charge in [0.05, 0.1) is 13.0 Å². The van der Waals surface area contributed by atoms with E-state index in [1.54, 1.807) is 24.3 Å². The fourth-order valence-electron chi connectivity index (χ4n) is 2.20. The molecular weight excluding hydrogens is 224 g/mol. The SMILES string of the molecule is O=C(O)CC1(C(=O)O)CCOc2ccccc21. The summed E-state index contributed by atoms with van der Waals surface area (Å²) in [5.74, 6) is -1.78. The summed E-state index contributed by atoms with van der Waals surface area (Å²) < 4.78 is 5.35. The van der Waals surface area contributed by atoms with E-state index < -0.39 is 23.8 Å². The van der Waals surface area contributed by atoms with E-state index in [0.29, 0.717) is 11.3 Å². The molecule has 1 aliphatic rings. The Labute approximate surface area is 97.6 Å².